The molecule has 4 rings (SSSR count). The Kier molecular flexibility index (Phi) is 7.83. The van der Waals surface area contributed by atoms with Gasteiger partial charge in [-0.25, -0.2) is 4.79 Å². The molecule has 1 N–H and O–H groups in total. The average Bonchev–Trinajstić information content (AvgIpc) is 2.75. The molecule has 0 radical (unpaired) electrons. The Morgan fingerprint density at radius 2 is 1.03 bits per heavy atom. The lowest BCUT2D eigenvalue weighted by Crippen LogP contribution is -2.47. The third kappa shape index (κ3) is 5.51. The van der Waals surface area contributed by atoms with Crippen molar-refractivity contribution in [3.8, 4) is 0 Å². The second-order valence-corrected chi connectivity index (χ2v) is 9.79. The summed E-state index contributed by atoms with van der Waals surface area (Å²) in [6.07, 6.45) is 17.2. The molecule has 0 heterocycles. The molecule has 0 atom stereocenters. The molecule has 2 aliphatic rings. The quantitative estimate of drug-likeness (QED) is 0.552. The molecule has 4 nitrogen and oxygen atoms in total. The van der Waals surface area contributed by atoms with E-state index in [1.165, 1.54) is 64.2 Å². The summed E-state index contributed by atoms with van der Waals surface area (Å²) in [5.74, 6) is -0.753. The number of rotatable bonds is 4. The zero-order valence-electron chi connectivity index (χ0n) is 19.2. The number of carboxylic acids is 1. The van der Waals surface area contributed by atoms with Crippen LogP contribution in [0.4, 0.5) is 0 Å². The van der Waals surface area contributed by atoms with E-state index in [9.17, 15) is 14.7 Å². The summed E-state index contributed by atoms with van der Waals surface area (Å²) >= 11 is 0. The van der Waals surface area contributed by atoms with Crippen LogP contribution in [0.25, 0.3) is 10.8 Å². The lowest BCUT2D eigenvalue weighted by atomic mass is 9.90. The van der Waals surface area contributed by atoms with Gasteiger partial charge < -0.3 is 10.0 Å². The minimum absolute atomic E-state index is 0.172. The highest BCUT2D eigenvalue weighted by molar-refractivity contribution is 6.00. The predicted octanol–water partition coefficient (Wildman–Crippen LogP) is 7.21. The van der Waals surface area contributed by atoms with Crippen molar-refractivity contribution in [2.24, 2.45) is 0 Å². The number of benzene rings is 2. The Bertz CT molecular complexity index is 899. The van der Waals surface area contributed by atoms with Crippen molar-refractivity contribution in [1.82, 2.24) is 4.90 Å². The maximum atomic E-state index is 14.0. The van der Waals surface area contributed by atoms with E-state index in [4.69, 9.17) is 0 Å². The summed E-state index contributed by atoms with van der Waals surface area (Å²) < 4.78 is 0. The largest absolute Gasteiger partial charge is 0.478 e. The number of hydrogen-bond acceptors (Lipinski definition) is 2. The van der Waals surface area contributed by atoms with Crippen LogP contribution in [0, 0.1) is 0 Å². The van der Waals surface area contributed by atoms with Gasteiger partial charge in [-0.05, 0) is 60.7 Å². The van der Waals surface area contributed by atoms with Gasteiger partial charge in [0.15, 0.2) is 0 Å². The monoisotopic (exact) mass is 435 g/mol. The van der Waals surface area contributed by atoms with Crippen molar-refractivity contribution in [2.45, 2.75) is 102 Å². The zero-order chi connectivity index (χ0) is 22.3. The van der Waals surface area contributed by atoms with Gasteiger partial charge in [-0.1, -0.05) is 76.3 Å². The minimum atomic E-state index is -0.924. The molecular weight excluding hydrogens is 398 g/mol. The van der Waals surface area contributed by atoms with E-state index in [1.807, 2.05) is 24.3 Å². The van der Waals surface area contributed by atoms with Crippen LogP contribution in [0.15, 0.2) is 36.4 Å². The third-order valence-corrected chi connectivity index (χ3v) is 7.50. The number of carbonyl (C=O) groups excluding carboxylic acids is 1. The van der Waals surface area contributed by atoms with Crippen LogP contribution in [0.3, 0.4) is 0 Å². The van der Waals surface area contributed by atoms with Crippen LogP contribution in [-0.4, -0.2) is 34.0 Å². The fraction of sp³-hybridized carbons (Fsp3) is 0.571. The summed E-state index contributed by atoms with van der Waals surface area (Å²) in [4.78, 5) is 27.6. The molecule has 0 bridgehead atoms. The molecule has 32 heavy (non-hydrogen) atoms. The molecular formula is C28H37NO3. The highest BCUT2D eigenvalue weighted by Crippen LogP contribution is 2.30. The second kappa shape index (κ2) is 11.0. The maximum absolute atomic E-state index is 14.0. The molecule has 0 spiro atoms. The van der Waals surface area contributed by atoms with E-state index in [0.29, 0.717) is 12.1 Å². The van der Waals surface area contributed by atoms with Gasteiger partial charge in [-0.15, -0.1) is 0 Å². The highest BCUT2D eigenvalue weighted by atomic mass is 16.4. The smallest absolute Gasteiger partial charge is 0.335 e. The molecule has 172 valence electrons. The van der Waals surface area contributed by atoms with Gasteiger partial charge in [0.2, 0.25) is 0 Å². The molecule has 2 fully saturated rings. The number of carbonyl (C=O) groups is 2. The van der Waals surface area contributed by atoms with E-state index in [2.05, 4.69) is 4.90 Å². The molecule has 0 aromatic heterocycles. The summed E-state index contributed by atoms with van der Waals surface area (Å²) in [5.41, 5.74) is 1.02. The summed E-state index contributed by atoms with van der Waals surface area (Å²) in [7, 11) is 0. The first-order valence-corrected chi connectivity index (χ1v) is 12.7. The number of amides is 1. The number of aromatic carboxylic acids is 1. The van der Waals surface area contributed by atoms with Crippen molar-refractivity contribution in [3.05, 3.63) is 47.5 Å². The van der Waals surface area contributed by atoms with Gasteiger partial charge in [0.05, 0.1) is 5.56 Å². The van der Waals surface area contributed by atoms with Crippen molar-refractivity contribution in [3.63, 3.8) is 0 Å². The first-order valence-electron chi connectivity index (χ1n) is 12.7. The normalized spacial score (nSPS) is 19.5. The van der Waals surface area contributed by atoms with Crippen LogP contribution in [0.5, 0.6) is 0 Å². The fourth-order valence-electron chi connectivity index (χ4n) is 5.72. The topological polar surface area (TPSA) is 57.6 Å². The lowest BCUT2D eigenvalue weighted by Gasteiger charge is -2.40. The molecule has 2 aromatic carbocycles. The van der Waals surface area contributed by atoms with Crippen LogP contribution in [0.2, 0.25) is 0 Å². The third-order valence-electron chi connectivity index (χ3n) is 7.50. The van der Waals surface area contributed by atoms with E-state index in [0.717, 1.165) is 42.0 Å². The van der Waals surface area contributed by atoms with Crippen LogP contribution in [-0.2, 0) is 0 Å². The Hall–Kier alpha value is -2.36. The molecule has 1 amide bonds. The van der Waals surface area contributed by atoms with E-state index >= 15 is 0 Å². The van der Waals surface area contributed by atoms with Crippen molar-refractivity contribution < 1.29 is 14.7 Å². The van der Waals surface area contributed by atoms with E-state index in [1.54, 1.807) is 12.1 Å². The maximum Gasteiger partial charge on any atom is 0.335 e. The molecule has 2 aromatic rings. The van der Waals surface area contributed by atoms with E-state index in [-0.39, 0.29) is 11.5 Å². The van der Waals surface area contributed by atoms with Crippen LogP contribution in [0.1, 0.15) is 111 Å². The SMILES string of the molecule is O=C(O)c1ccc2cc(C(=O)N(C3CCCCCCC3)C3CCCCCCC3)ccc2c1. The molecule has 0 aliphatic heterocycles. The number of carboxylic acid groups (broad SMARTS) is 1. The van der Waals surface area contributed by atoms with Crippen LogP contribution >= 0.6 is 0 Å². The lowest BCUT2D eigenvalue weighted by molar-refractivity contribution is 0.0485. The second-order valence-electron chi connectivity index (χ2n) is 9.79. The Labute approximate surface area is 192 Å². The Morgan fingerprint density at radius 1 is 0.625 bits per heavy atom. The van der Waals surface area contributed by atoms with Crippen molar-refractivity contribution >= 4 is 22.6 Å². The zero-order valence-corrected chi connectivity index (χ0v) is 19.2. The van der Waals surface area contributed by atoms with Crippen LogP contribution < -0.4 is 0 Å². The number of hydrogen-bond donors (Lipinski definition) is 1. The standard InChI is InChI=1S/C28H37NO3/c30-27(23-17-15-22-20-24(28(31)32)18-16-21(22)19-23)29(25-11-7-3-1-4-8-12-25)26-13-9-5-2-6-10-14-26/h15-20,25-26H,1-14H2,(H,31,32). The average molecular weight is 436 g/mol. The van der Waals surface area contributed by atoms with Gasteiger partial charge in [-0.3, -0.25) is 4.79 Å². The van der Waals surface area contributed by atoms with Gasteiger partial charge in [-0.2, -0.15) is 0 Å². The summed E-state index contributed by atoms with van der Waals surface area (Å²) in [6.45, 7) is 0. The number of fused-ring (bicyclic) bond motifs is 1. The Morgan fingerprint density at radius 3 is 1.50 bits per heavy atom. The summed E-state index contributed by atoms with van der Waals surface area (Å²) in [5, 5.41) is 11.1. The van der Waals surface area contributed by atoms with Crippen molar-refractivity contribution in [1.29, 1.82) is 0 Å². The molecule has 2 aliphatic carbocycles. The molecule has 4 heteroatoms. The van der Waals surface area contributed by atoms with Gasteiger partial charge in [0, 0.05) is 17.6 Å². The van der Waals surface area contributed by atoms with Gasteiger partial charge in [0.1, 0.15) is 0 Å². The van der Waals surface area contributed by atoms with Gasteiger partial charge in [0.25, 0.3) is 5.91 Å². The number of nitrogens with zero attached hydrogens (tertiary/aromatic N) is 1. The first-order chi connectivity index (χ1) is 15.6. The fourth-order valence-corrected chi connectivity index (χ4v) is 5.72. The van der Waals surface area contributed by atoms with Gasteiger partial charge >= 0.3 is 5.97 Å². The molecule has 0 saturated heterocycles. The minimum Gasteiger partial charge on any atom is -0.478 e. The van der Waals surface area contributed by atoms with E-state index < -0.39 is 5.97 Å². The summed E-state index contributed by atoms with van der Waals surface area (Å²) in [6, 6.07) is 11.6. The predicted molar refractivity (Wildman–Crippen MR) is 129 cm³/mol. The first kappa shape index (κ1) is 22.8. The Balaban J connectivity index is 1.64. The molecule has 2 saturated carbocycles. The highest BCUT2D eigenvalue weighted by Gasteiger charge is 2.31. The van der Waals surface area contributed by atoms with Crippen molar-refractivity contribution in [2.75, 3.05) is 0 Å². The molecule has 0 unspecified atom stereocenters.